The normalized spacial score (nSPS) is 26.8. The maximum atomic E-state index is 5.71. The molecule has 0 spiro atoms. The number of rotatable bonds is 4. The molecule has 0 aliphatic carbocycles. The number of piperidine rings is 1. The summed E-state index contributed by atoms with van der Waals surface area (Å²) in [6, 6.07) is 11.4. The van der Waals surface area contributed by atoms with Crippen molar-refractivity contribution < 1.29 is 9.47 Å². The molecule has 20 heavy (non-hydrogen) atoms. The van der Waals surface area contributed by atoms with Crippen molar-refractivity contribution in [3.05, 3.63) is 35.9 Å². The molecule has 2 fully saturated rings. The minimum atomic E-state index is 0.0334. The lowest BCUT2D eigenvalue weighted by Crippen LogP contribution is -2.42. The summed E-state index contributed by atoms with van der Waals surface area (Å²) in [5, 5.41) is 0. The lowest BCUT2D eigenvalue weighted by Gasteiger charge is -2.39. The maximum absolute atomic E-state index is 5.71. The van der Waals surface area contributed by atoms with E-state index in [1.807, 2.05) is 0 Å². The van der Waals surface area contributed by atoms with E-state index < -0.39 is 0 Å². The molecule has 1 aromatic rings. The predicted molar refractivity (Wildman–Crippen MR) is 79.5 cm³/mol. The highest BCUT2D eigenvalue weighted by Gasteiger charge is 2.33. The van der Waals surface area contributed by atoms with E-state index in [4.69, 9.17) is 9.47 Å². The summed E-state index contributed by atoms with van der Waals surface area (Å²) in [6.07, 6.45) is 3.67. The third-order valence-electron chi connectivity index (χ3n) is 4.53. The molecule has 3 heteroatoms. The van der Waals surface area contributed by atoms with Gasteiger partial charge in [0.25, 0.3) is 0 Å². The van der Waals surface area contributed by atoms with Crippen molar-refractivity contribution in [1.29, 1.82) is 0 Å². The van der Waals surface area contributed by atoms with Crippen LogP contribution in [0.4, 0.5) is 0 Å². The summed E-state index contributed by atoms with van der Waals surface area (Å²) in [4.78, 5) is 2.62. The maximum Gasteiger partial charge on any atom is 0.161 e. The van der Waals surface area contributed by atoms with Crippen molar-refractivity contribution in [3.63, 3.8) is 0 Å². The summed E-state index contributed by atoms with van der Waals surface area (Å²) in [5.74, 6) is 0.531. The second-order valence-corrected chi connectivity index (χ2v) is 5.84. The van der Waals surface area contributed by atoms with Crippen LogP contribution in [0.15, 0.2) is 30.3 Å². The molecule has 2 aliphatic heterocycles. The zero-order valence-electron chi connectivity index (χ0n) is 12.3. The molecule has 2 heterocycles. The van der Waals surface area contributed by atoms with E-state index in [1.54, 1.807) is 0 Å². The van der Waals surface area contributed by atoms with Gasteiger partial charge in [0.2, 0.25) is 0 Å². The fourth-order valence-corrected chi connectivity index (χ4v) is 3.57. The summed E-state index contributed by atoms with van der Waals surface area (Å²) < 4.78 is 11.4. The van der Waals surface area contributed by atoms with Gasteiger partial charge in [-0.3, -0.25) is 4.90 Å². The Balaban J connectivity index is 1.68. The lowest BCUT2D eigenvalue weighted by molar-refractivity contribution is -0.104. The Kier molecular flexibility index (Phi) is 4.71. The molecule has 2 saturated heterocycles. The van der Waals surface area contributed by atoms with E-state index in [0.29, 0.717) is 12.0 Å². The highest BCUT2D eigenvalue weighted by molar-refractivity contribution is 5.19. The van der Waals surface area contributed by atoms with Crippen molar-refractivity contribution in [2.45, 2.75) is 38.5 Å². The average molecular weight is 275 g/mol. The Morgan fingerprint density at radius 3 is 2.65 bits per heavy atom. The van der Waals surface area contributed by atoms with Gasteiger partial charge < -0.3 is 9.47 Å². The molecule has 0 radical (unpaired) electrons. The fourth-order valence-electron chi connectivity index (χ4n) is 3.57. The summed E-state index contributed by atoms with van der Waals surface area (Å²) in [6.45, 7) is 6.09. The minimum absolute atomic E-state index is 0.0334. The highest BCUT2D eigenvalue weighted by Crippen LogP contribution is 2.32. The molecule has 2 aliphatic rings. The summed E-state index contributed by atoms with van der Waals surface area (Å²) >= 11 is 0. The Hall–Kier alpha value is -0.900. The standard InChI is InChI=1S/C17H25NO2/c1-2-16(14-7-4-3-5-8-14)18-10-6-9-15(13-18)17-19-11-12-20-17/h3-5,7-8,15-17H,2,6,9-13H2,1H3. The Bertz CT molecular complexity index is 403. The number of hydrogen-bond donors (Lipinski definition) is 0. The molecule has 2 unspecified atom stereocenters. The van der Waals surface area contributed by atoms with Crippen molar-refractivity contribution >= 4 is 0 Å². The van der Waals surface area contributed by atoms with E-state index >= 15 is 0 Å². The second-order valence-electron chi connectivity index (χ2n) is 5.84. The largest absolute Gasteiger partial charge is 0.350 e. The smallest absolute Gasteiger partial charge is 0.161 e. The van der Waals surface area contributed by atoms with Crippen molar-refractivity contribution in [1.82, 2.24) is 4.90 Å². The van der Waals surface area contributed by atoms with Gasteiger partial charge in [0.15, 0.2) is 6.29 Å². The summed E-state index contributed by atoms with van der Waals surface area (Å²) in [7, 11) is 0. The van der Waals surface area contributed by atoms with Crippen LogP contribution in [0.5, 0.6) is 0 Å². The molecular formula is C17H25NO2. The average Bonchev–Trinajstić information content (AvgIpc) is 3.04. The molecular weight excluding hydrogens is 250 g/mol. The molecule has 0 bridgehead atoms. The van der Waals surface area contributed by atoms with E-state index in [-0.39, 0.29) is 6.29 Å². The molecule has 0 aromatic heterocycles. The first kappa shape index (κ1) is 14.1. The number of nitrogens with zero attached hydrogens (tertiary/aromatic N) is 1. The van der Waals surface area contributed by atoms with Crippen LogP contribution in [-0.2, 0) is 9.47 Å². The van der Waals surface area contributed by atoms with Gasteiger partial charge in [-0.15, -0.1) is 0 Å². The Labute approximate surface area is 121 Å². The van der Waals surface area contributed by atoms with Gasteiger partial charge in [-0.05, 0) is 31.4 Å². The van der Waals surface area contributed by atoms with Gasteiger partial charge in [0.05, 0.1) is 13.2 Å². The Morgan fingerprint density at radius 1 is 1.20 bits per heavy atom. The molecule has 0 amide bonds. The first-order valence-electron chi connectivity index (χ1n) is 7.90. The fraction of sp³-hybridized carbons (Fsp3) is 0.647. The van der Waals surface area contributed by atoms with Gasteiger partial charge in [-0.2, -0.15) is 0 Å². The van der Waals surface area contributed by atoms with Crippen LogP contribution in [0.25, 0.3) is 0 Å². The molecule has 0 N–H and O–H groups in total. The zero-order valence-corrected chi connectivity index (χ0v) is 12.3. The first-order valence-corrected chi connectivity index (χ1v) is 7.90. The van der Waals surface area contributed by atoms with E-state index in [9.17, 15) is 0 Å². The topological polar surface area (TPSA) is 21.7 Å². The van der Waals surface area contributed by atoms with Crippen molar-refractivity contribution in [3.8, 4) is 0 Å². The lowest BCUT2D eigenvalue weighted by atomic mass is 9.93. The monoisotopic (exact) mass is 275 g/mol. The quantitative estimate of drug-likeness (QED) is 0.842. The molecule has 1 aromatic carbocycles. The molecule has 3 rings (SSSR count). The third-order valence-corrected chi connectivity index (χ3v) is 4.53. The zero-order chi connectivity index (χ0) is 13.8. The van der Waals surface area contributed by atoms with E-state index in [2.05, 4.69) is 42.2 Å². The number of benzene rings is 1. The van der Waals surface area contributed by atoms with Crippen LogP contribution in [0, 0.1) is 5.92 Å². The van der Waals surface area contributed by atoms with Gasteiger partial charge >= 0.3 is 0 Å². The molecule has 110 valence electrons. The second kappa shape index (κ2) is 6.70. The van der Waals surface area contributed by atoms with Crippen molar-refractivity contribution in [2.75, 3.05) is 26.3 Å². The van der Waals surface area contributed by atoms with E-state index in [0.717, 1.165) is 26.2 Å². The molecule has 0 saturated carbocycles. The van der Waals surface area contributed by atoms with E-state index in [1.165, 1.54) is 24.9 Å². The van der Waals surface area contributed by atoms with Crippen LogP contribution in [0.1, 0.15) is 37.8 Å². The number of ether oxygens (including phenoxy) is 2. The Morgan fingerprint density at radius 2 is 1.95 bits per heavy atom. The van der Waals surface area contributed by atoms with Crippen LogP contribution in [-0.4, -0.2) is 37.5 Å². The van der Waals surface area contributed by atoms with Crippen LogP contribution in [0.3, 0.4) is 0 Å². The number of hydrogen-bond acceptors (Lipinski definition) is 3. The van der Waals surface area contributed by atoms with Gasteiger partial charge in [0.1, 0.15) is 0 Å². The van der Waals surface area contributed by atoms with Crippen LogP contribution >= 0.6 is 0 Å². The molecule has 3 nitrogen and oxygen atoms in total. The highest BCUT2D eigenvalue weighted by atomic mass is 16.7. The summed E-state index contributed by atoms with van der Waals surface area (Å²) in [5.41, 5.74) is 1.43. The van der Waals surface area contributed by atoms with Gasteiger partial charge in [-0.25, -0.2) is 0 Å². The SMILES string of the molecule is CCC(c1ccccc1)N1CCCC(C2OCCO2)C1. The van der Waals surface area contributed by atoms with Gasteiger partial charge in [-0.1, -0.05) is 37.3 Å². The van der Waals surface area contributed by atoms with Crippen molar-refractivity contribution in [2.24, 2.45) is 5.92 Å². The molecule has 2 atom stereocenters. The third kappa shape index (κ3) is 3.05. The van der Waals surface area contributed by atoms with Crippen LogP contribution < -0.4 is 0 Å². The minimum Gasteiger partial charge on any atom is -0.350 e. The first-order chi connectivity index (χ1) is 9.88. The van der Waals surface area contributed by atoms with Gasteiger partial charge in [0, 0.05) is 18.5 Å². The van der Waals surface area contributed by atoms with Crippen LogP contribution in [0.2, 0.25) is 0 Å². The number of likely N-dealkylation sites (tertiary alicyclic amines) is 1. The predicted octanol–water partition coefficient (Wildman–Crippen LogP) is 3.22.